The molecule has 0 aliphatic carbocycles. The van der Waals surface area contributed by atoms with Crippen molar-refractivity contribution in [1.82, 2.24) is 19.6 Å². The molecule has 2 heterocycles. The third-order valence-corrected chi connectivity index (χ3v) is 4.09. The van der Waals surface area contributed by atoms with E-state index in [1.54, 1.807) is 0 Å². The van der Waals surface area contributed by atoms with Crippen LogP contribution < -0.4 is 0 Å². The van der Waals surface area contributed by atoms with Crippen LogP contribution in [0.3, 0.4) is 0 Å². The molecule has 21 heavy (non-hydrogen) atoms. The lowest BCUT2D eigenvalue weighted by Gasteiger charge is -2.35. The summed E-state index contributed by atoms with van der Waals surface area (Å²) in [5.41, 5.74) is 2.75. The van der Waals surface area contributed by atoms with Gasteiger partial charge in [0.05, 0.1) is 11.7 Å². The van der Waals surface area contributed by atoms with E-state index in [1.165, 1.54) is 11.3 Å². The Kier molecular flexibility index (Phi) is 4.36. The molecule has 0 spiro atoms. The highest BCUT2D eigenvalue weighted by Gasteiger charge is 2.25. The molecule has 4 heteroatoms. The SMILES string of the molecule is CN(C)CC1CN(CCc2ccccc2)Cc2ccnn21. The van der Waals surface area contributed by atoms with Gasteiger partial charge in [-0.1, -0.05) is 30.3 Å². The van der Waals surface area contributed by atoms with Crippen molar-refractivity contribution in [2.45, 2.75) is 19.0 Å². The summed E-state index contributed by atoms with van der Waals surface area (Å²) >= 11 is 0. The van der Waals surface area contributed by atoms with Gasteiger partial charge in [0.1, 0.15) is 0 Å². The minimum Gasteiger partial charge on any atom is -0.307 e. The summed E-state index contributed by atoms with van der Waals surface area (Å²) in [7, 11) is 4.26. The van der Waals surface area contributed by atoms with Crippen molar-refractivity contribution in [3.05, 3.63) is 53.9 Å². The lowest BCUT2D eigenvalue weighted by atomic mass is 10.1. The zero-order chi connectivity index (χ0) is 14.7. The summed E-state index contributed by atoms with van der Waals surface area (Å²) in [5, 5.41) is 4.51. The van der Waals surface area contributed by atoms with Gasteiger partial charge in [-0.05, 0) is 32.1 Å². The molecule has 1 atom stereocenters. The third kappa shape index (κ3) is 3.52. The minimum atomic E-state index is 0.453. The van der Waals surface area contributed by atoms with Crippen LogP contribution in [0.4, 0.5) is 0 Å². The maximum absolute atomic E-state index is 4.51. The molecule has 1 aliphatic heterocycles. The van der Waals surface area contributed by atoms with E-state index >= 15 is 0 Å². The van der Waals surface area contributed by atoms with E-state index in [1.807, 2.05) is 6.20 Å². The Hall–Kier alpha value is -1.65. The highest BCUT2D eigenvalue weighted by atomic mass is 15.4. The number of rotatable bonds is 5. The van der Waals surface area contributed by atoms with Crippen LogP contribution in [0.1, 0.15) is 17.3 Å². The Morgan fingerprint density at radius 2 is 2.00 bits per heavy atom. The van der Waals surface area contributed by atoms with E-state index < -0.39 is 0 Å². The predicted molar refractivity (Wildman–Crippen MR) is 85.2 cm³/mol. The molecular weight excluding hydrogens is 260 g/mol. The molecule has 0 N–H and O–H groups in total. The van der Waals surface area contributed by atoms with Crippen LogP contribution in [0.5, 0.6) is 0 Å². The predicted octanol–water partition coefficient (Wildman–Crippen LogP) is 2.04. The van der Waals surface area contributed by atoms with Crippen LogP contribution in [0.2, 0.25) is 0 Å². The second-order valence-electron chi connectivity index (χ2n) is 6.15. The molecule has 0 bridgehead atoms. The van der Waals surface area contributed by atoms with Gasteiger partial charge >= 0.3 is 0 Å². The van der Waals surface area contributed by atoms with Crippen LogP contribution in [0.25, 0.3) is 0 Å². The van der Waals surface area contributed by atoms with Gasteiger partial charge in [0.15, 0.2) is 0 Å². The summed E-state index contributed by atoms with van der Waals surface area (Å²) in [4.78, 5) is 4.80. The van der Waals surface area contributed by atoms with Gasteiger partial charge in [-0.15, -0.1) is 0 Å². The first-order valence-corrected chi connectivity index (χ1v) is 7.66. The van der Waals surface area contributed by atoms with Crippen LogP contribution >= 0.6 is 0 Å². The van der Waals surface area contributed by atoms with Crippen molar-refractivity contribution in [1.29, 1.82) is 0 Å². The van der Waals surface area contributed by atoms with E-state index in [4.69, 9.17) is 0 Å². The summed E-state index contributed by atoms with van der Waals surface area (Å²) in [6, 6.07) is 13.4. The molecule has 1 aliphatic rings. The Labute approximate surface area is 127 Å². The average Bonchev–Trinajstić information content (AvgIpc) is 2.94. The molecule has 112 valence electrons. The van der Waals surface area contributed by atoms with Crippen LogP contribution in [0, 0.1) is 0 Å². The molecule has 1 unspecified atom stereocenters. The fourth-order valence-electron chi connectivity index (χ4n) is 3.12. The molecule has 1 aromatic carbocycles. The number of fused-ring (bicyclic) bond motifs is 1. The van der Waals surface area contributed by atoms with E-state index in [0.717, 1.165) is 32.6 Å². The normalized spacial score (nSPS) is 18.9. The van der Waals surface area contributed by atoms with Crippen LogP contribution in [-0.2, 0) is 13.0 Å². The summed E-state index contributed by atoms with van der Waals surface area (Å²) in [5.74, 6) is 0. The lowest BCUT2D eigenvalue weighted by molar-refractivity contribution is 0.154. The fourth-order valence-corrected chi connectivity index (χ4v) is 3.12. The van der Waals surface area contributed by atoms with Crippen molar-refractivity contribution in [2.75, 3.05) is 33.7 Å². The minimum absolute atomic E-state index is 0.453. The molecule has 0 amide bonds. The molecular formula is C17H24N4. The highest BCUT2D eigenvalue weighted by molar-refractivity contribution is 5.15. The fraction of sp³-hybridized carbons (Fsp3) is 0.471. The van der Waals surface area contributed by atoms with Gasteiger partial charge in [0, 0.05) is 32.4 Å². The summed E-state index contributed by atoms with van der Waals surface area (Å²) in [6.45, 7) is 4.24. The zero-order valence-corrected chi connectivity index (χ0v) is 12.9. The molecule has 3 rings (SSSR count). The molecule has 0 fully saturated rings. The van der Waals surface area contributed by atoms with Gasteiger partial charge in [-0.3, -0.25) is 9.58 Å². The Balaban J connectivity index is 1.65. The van der Waals surface area contributed by atoms with Gasteiger partial charge in [-0.2, -0.15) is 5.10 Å². The largest absolute Gasteiger partial charge is 0.307 e. The number of hydrogen-bond donors (Lipinski definition) is 0. The molecule has 0 radical (unpaired) electrons. The average molecular weight is 284 g/mol. The van der Waals surface area contributed by atoms with Crippen molar-refractivity contribution in [3.8, 4) is 0 Å². The number of aromatic nitrogens is 2. The standard InChI is InChI=1S/C17H24N4/c1-19(2)12-17-14-20(13-16-8-10-18-21(16)17)11-9-15-6-4-3-5-7-15/h3-8,10,17H,9,11-14H2,1-2H3. The smallest absolute Gasteiger partial charge is 0.0776 e. The lowest BCUT2D eigenvalue weighted by Crippen LogP contribution is -2.42. The molecule has 0 saturated heterocycles. The van der Waals surface area contributed by atoms with Crippen LogP contribution in [-0.4, -0.2) is 53.3 Å². The number of benzene rings is 1. The van der Waals surface area contributed by atoms with Crippen molar-refractivity contribution < 1.29 is 0 Å². The topological polar surface area (TPSA) is 24.3 Å². The van der Waals surface area contributed by atoms with Gasteiger partial charge < -0.3 is 4.90 Å². The van der Waals surface area contributed by atoms with Gasteiger partial charge in [0.25, 0.3) is 0 Å². The van der Waals surface area contributed by atoms with E-state index in [-0.39, 0.29) is 0 Å². The quantitative estimate of drug-likeness (QED) is 0.840. The van der Waals surface area contributed by atoms with Gasteiger partial charge in [-0.25, -0.2) is 0 Å². The number of hydrogen-bond acceptors (Lipinski definition) is 3. The van der Waals surface area contributed by atoms with E-state index in [2.05, 4.69) is 70.1 Å². The Morgan fingerprint density at radius 1 is 1.19 bits per heavy atom. The first kappa shape index (κ1) is 14.3. The molecule has 2 aromatic rings. The Bertz CT molecular complexity index is 561. The number of nitrogens with zero attached hydrogens (tertiary/aromatic N) is 4. The van der Waals surface area contributed by atoms with E-state index in [0.29, 0.717) is 6.04 Å². The second-order valence-corrected chi connectivity index (χ2v) is 6.15. The zero-order valence-electron chi connectivity index (χ0n) is 12.9. The summed E-state index contributed by atoms with van der Waals surface area (Å²) < 4.78 is 2.21. The summed E-state index contributed by atoms with van der Waals surface area (Å²) in [6.07, 6.45) is 3.04. The van der Waals surface area contributed by atoms with E-state index in [9.17, 15) is 0 Å². The van der Waals surface area contributed by atoms with Gasteiger partial charge in [0.2, 0.25) is 0 Å². The molecule has 0 saturated carbocycles. The molecule has 1 aromatic heterocycles. The van der Waals surface area contributed by atoms with Crippen molar-refractivity contribution in [3.63, 3.8) is 0 Å². The Morgan fingerprint density at radius 3 is 2.76 bits per heavy atom. The maximum Gasteiger partial charge on any atom is 0.0776 e. The highest BCUT2D eigenvalue weighted by Crippen LogP contribution is 2.21. The maximum atomic E-state index is 4.51. The number of likely N-dealkylation sites (N-methyl/N-ethyl adjacent to an activating group) is 1. The second kappa shape index (κ2) is 6.41. The first-order chi connectivity index (χ1) is 10.2. The monoisotopic (exact) mass is 284 g/mol. The third-order valence-electron chi connectivity index (χ3n) is 4.09. The van der Waals surface area contributed by atoms with Crippen molar-refractivity contribution in [2.24, 2.45) is 0 Å². The molecule has 4 nitrogen and oxygen atoms in total. The van der Waals surface area contributed by atoms with Crippen molar-refractivity contribution >= 4 is 0 Å². The van der Waals surface area contributed by atoms with Crippen LogP contribution in [0.15, 0.2) is 42.6 Å². The first-order valence-electron chi connectivity index (χ1n) is 7.66.